The van der Waals surface area contributed by atoms with Crippen LogP contribution in [0.1, 0.15) is 93.6 Å². The zero-order valence-corrected chi connectivity index (χ0v) is 35.1. The fourth-order valence-corrected chi connectivity index (χ4v) is 7.80. The van der Waals surface area contributed by atoms with E-state index >= 15 is 0 Å². The number of carbonyl (C=O) groups is 5. The summed E-state index contributed by atoms with van der Waals surface area (Å²) >= 11 is 0. The molecule has 0 aromatic heterocycles. The van der Waals surface area contributed by atoms with Gasteiger partial charge >= 0.3 is 12.0 Å². The Morgan fingerprint density at radius 2 is 1.50 bits per heavy atom. The van der Waals surface area contributed by atoms with Crippen molar-refractivity contribution in [2.45, 2.75) is 143 Å². The highest BCUT2D eigenvalue weighted by Gasteiger charge is 2.43. The summed E-state index contributed by atoms with van der Waals surface area (Å²) in [6.07, 6.45) is 1.08. The van der Waals surface area contributed by atoms with Crippen LogP contribution in [0.5, 0.6) is 0 Å². The highest BCUT2D eigenvalue weighted by Crippen LogP contribution is 2.30. The molecule has 13 nitrogen and oxygen atoms in total. The Labute approximate surface area is 324 Å². The number of nitrogens with zero attached hydrogens (tertiary/aromatic N) is 3. The second-order valence-electron chi connectivity index (χ2n) is 15.6. The number of likely N-dealkylation sites (N-methyl/N-ethyl adjacent to an activating group) is 1. The maximum atomic E-state index is 14.2. The molecule has 1 aromatic rings. The first-order valence-corrected chi connectivity index (χ1v) is 19.6. The normalized spacial score (nSPS) is 18.4. The molecule has 5 amide bonds. The molecule has 13 heteroatoms. The van der Waals surface area contributed by atoms with Crippen molar-refractivity contribution >= 4 is 29.7 Å². The first kappa shape index (κ1) is 46.4. The highest BCUT2D eigenvalue weighted by molar-refractivity contribution is 5.88. The third-order valence-corrected chi connectivity index (χ3v) is 10.9. The van der Waals surface area contributed by atoms with Crippen LogP contribution < -0.4 is 10.6 Å². The van der Waals surface area contributed by atoms with Gasteiger partial charge in [0.15, 0.2) is 0 Å². The molecule has 1 aromatic carbocycles. The molecule has 54 heavy (non-hydrogen) atoms. The molecular weight excluding hydrogens is 690 g/mol. The van der Waals surface area contributed by atoms with E-state index in [1.807, 2.05) is 85.7 Å². The van der Waals surface area contributed by atoms with Gasteiger partial charge in [-0.1, -0.05) is 71.4 Å². The van der Waals surface area contributed by atoms with Gasteiger partial charge in [0, 0.05) is 46.3 Å². The van der Waals surface area contributed by atoms with E-state index < -0.39 is 48.3 Å². The zero-order chi connectivity index (χ0) is 40.9. The lowest BCUT2D eigenvalue weighted by Gasteiger charge is -2.41. The molecule has 0 radical (unpaired) electrons. The number of ether oxygens (including phenoxy) is 3. The molecule has 1 saturated heterocycles. The van der Waals surface area contributed by atoms with Gasteiger partial charge < -0.3 is 39.5 Å². The standard InChI is InChI=1S/C41H69N5O8/c1-14-28(8)36(44(10)39(49)35(25(2)3)43-41(51)46(26(4)5)27(6)7)33(52-11)24-34(47)45-22-18-21-32(45)37(53-12)29(9)38(48)42-31(40(50)54-13)23-30-19-16-15-17-20-30/h15-17,19-20,25-29,31-33,35-37H,14,18,21-24H2,1-13H3,(H,42,48)(H,43,51)/t28-,29+,31?,32?,33+,35?,36-,37+/m0/s1. The van der Waals surface area contributed by atoms with E-state index in [9.17, 15) is 24.0 Å². The van der Waals surface area contributed by atoms with Crippen molar-refractivity contribution in [2.24, 2.45) is 17.8 Å². The Morgan fingerprint density at radius 1 is 0.889 bits per heavy atom. The van der Waals surface area contributed by atoms with Crippen LogP contribution >= 0.6 is 0 Å². The summed E-state index contributed by atoms with van der Waals surface area (Å²) in [4.78, 5) is 73.3. The quantitative estimate of drug-likeness (QED) is 0.183. The molecule has 1 aliphatic rings. The summed E-state index contributed by atoms with van der Waals surface area (Å²) < 4.78 is 16.9. The third kappa shape index (κ3) is 12.1. The number of rotatable bonds is 20. The molecule has 1 fully saturated rings. The second-order valence-corrected chi connectivity index (χ2v) is 15.6. The number of hydrogen-bond acceptors (Lipinski definition) is 8. The second kappa shape index (κ2) is 22.0. The Morgan fingerprint density at radius 3 is 2.00 bits per heavy atom. The van der Waals surface area contributed by atoms with Crippen LogP contribution in [0.4, 0.5) is 4.79 Å². The average molecular weight is 760 g/mol. The van der Waals surface area contributed by atoms with Crippen LogP contribution in [0.3, 0.4) is 0 Å². The van der Waals surface area contributed by atoms with Gasteiger partial charge in [-0.2, -0.15) is 0 Å². The Bertz CT molecular complexity index is 1350. The predicted octanol–water partition coefficient (Wildman–Crippen LogP) is 4.66. The molecule has 0 saturated carbocycles. The van der Waals surface area contributed by atoms with Gasteiger partial charge in [-0.15, -0.1) is 0 Å². The average Bonchev–Trinajstić information content (AvgIpc) is 3.62. The molecule has 3 unspecified atom stereocenters. The lowest BCUT2D eigenvalue weighted by molar-refractivity contribution is -0.148. The lowest BCUT2D eigenvalue weighted by atomic mass is 9.89. The smallest absolute Gasteiger partial charge is 0.328 e. The van der Waals surface area contributed by atoms with Gasteiger partial charge in [-0.25, -0.2) is 9.59 Å². The molecule has 8 atom stereocenters. The predicted molar refractivity (Wildman–Crippen MR) is 209 cm³/mol. The van der Waals surface area contributed by atoms with Gasteiger partial charge in [0.1, 0.15) is 12.1 Å². The van der Waals surface area contributed by atoms with E-state index in [1.165, 1.54) is 14.2 Å². The van der Waals surface area contributed by atoms with Crippen molar-refractivity contribution in [2.75, 3.05) is 34.9 Å². The Kier molecular flexibility index (Phi) is 18.9. The zero-order valence-electron chi connectivity index (χ0n) is 35.1. The Hall–Kier alpha value is -3.71. The van der Waals surface area contributed by atoms with E-state index in [1.54, 1.807) is 35.8 Å². The van der Waals surface area contributed by atoms with E-state index in [2.05, 4.69) is 10.6 Å². The maximum absolute atomic E-state index is 14.2. The molecule has 1 aliphatic heterocycles. The number of methoxy groups -OCH3 is 3. The van der Waals surface area contributed by atoms with Crippen molar-refractivity contribution in [3.05, 3.63) is 35.9 Å². The summed E-state index contributed by atoms with van der Waals surface area (Å²) in [5.41, 5.74) is 0.876. The third-order valence-electron chi connectivity index (χ3n) is 10.9. The van der Waals surface area contributed by atoms with Crippen LogP contribution in [0.15, 0.2) is 30.3 Å². The first-order valence-electron chi connectivity index (χ1n) is 19.6. The van der Waals surface area contributed by atoms with Crippen LogP contribution in [-0.4, -0.2) is 128 Å². The number of likely N-dealkylation sites (tertiary alicyclic amines) is 1. The van der Waals surface area contributed by atoms with Gasteiger partial charge in [-0.3, -0.25) is 14.4 Å². The van der Waals surface area contributed by atoms with Crippen molar-refractivity contribution in [3.8, 4) is 0 Å². The number of nitrogens with one attached hydrogen (secondary N) is 2. The maximum Gasteiger partial charge on any atom is 0.328 e. The molecule has 0 aliphatic carbocycles. The summed E-state index contributed by atoms with van der Waals surface area (Å²) in [6.45, 7) is 17.9. The number of carbonyl (C=O) groups excluding carboxylic acids is 5. The fourth-order valence-electron chi connectivity index (χ4n) is 7.80. The summed E-state index contributed by atoms with van der Waals surface area (Å²) in [5.74, 6) is -2.27. The Balaban J connectivity index is 2.29. The summed E-state index contributed by atoms with van der Waals surface area (Å²) in [5, 5.41) is 5.86. The molecule has 0 bridgehead atoms. The lowest BCUT2D eigenvalue weighted by Crippen LogP contribution is -2.60. The van der Waals surface area contributed by atoms with E-state index in [-0.39, 0.29) is 60.5 Å². The minimum absolute atomic E-state index is 0.00527. The number of urea groups is 1. The number of amides is 5. The fraction of sp³-hybridized carbons (Fsp3) is 0.732. The number of esters is 1. The molecule has 306 valence electrons. The van der Waals surface area contributed by atoms with E-state index in [0.717, 1.165) is 18.4 Å². The van der Waals surface area contributed by atoms with Crippen molar-refractivity contribution in [3.63, 3.8) is 0 Å². The molecule has 2 rings (SSSR count). The van der Waals surface area contributed by atoms with Crippen LogP contribution in [0.25, 0.3) is 0 Å². The first-order chi connectivity index (χ1) is 25.4. The number of hydrogen-bond donors (Lipinski definition) is 2. The topological polar surface area (TPSA) is 147 Å². The molecule has 2 N–H and O–H groups in total. The SMILES string of the molecule is CC[C@H](C)[C@@H]([C@@H](CC(=O)N1CCCC1[C@H](OC)[C@@H](C)C(=O)NC(Cc1ccccc1)C(=O)OC)OC)N(C)C(=O)C(NC(=O)N(C(C)C)C(C)C)C(C)C. The van der Waals surface area contributed by atoms with Crippen LogP contribution in [-0.2, 0) is 39.8 Å². The monoisotopic (exact) mass is 760 g/mol. The summed E-state index contributed by atoms with van der Waals surface area (Å²) in [6, 6.07) is 6.44. The van der Waals surface area contributed by atoms with Crippen LogP contribution in [0.2, 0.25) is 0 Å². The van der Waals surface area contributed by atoms with Gasteiger partial charge in [0.25, 0.3) is 0 Å². The minimum Gasteiger partial charge on any atom is -0.467 e. The van der Waals surface area contributed by atoms with Gasteiger partial charge in [-0.05, 0) is 57.9 Å². The van der Waals surface area contributed by atoms with Crippen LogP contribution in [0, 0.1) is 17.8 Å². The largest absolute Gasteiger partial charge is 0.467 e. The summed E-state index contributed by atoms with van der Waals surface area (Å²) in [7, 11) is 6.09. The molecular formula is C41H69N5O8. The van der Waals surface area contributed by atoms with E-state index in [4.69, 9.17) is 14.2 Å². The van der Waals surface area contributed by atoms with Gasteiger partial charge in [0.05, 0.1) is 43.7 Å². The number of benzene rings is 1. The minimum atomic E-state index is -0.890. The molecule has 0 spiro atoms. The van der Waals surface area contributed by atoms with Crippen molar-refractivity contribution in [1.82, 2.24) is 25.3 Å². The van der Waals surface area contributed by atoms with Crippen molar-refractivity contribution < 1.29 is 38.2 Å². The van der Waals surface area contributed by atoms with Gasteiger partial charge in [0.2, 0.25) is 17.7 Å². The van der Waals surface area contributed by atoms with Crippen molar-refractivity contribution in [1.29, 1.82) is 0 Å². The molecule has 1 heterocycles. The highest BCUT2D eigenvalue weighted by atomic mass is 16.5. The van der Waals surface area contributed by atoms with E-state index in [0.29, 0.717) is 13.0 Å².